The van der Waals surface area contributed by atoms with E-state index in [2.05, 4.69) is 10.2 Å². The Morgan fingerprint density at radius 3 is 2.50 bits per heavy atom. The summed E-state index contributed by atoms with van der Waals surface area (Å²) in [7, 11) is 1.62. The monoisotopic (exact) mass is 443 g/mol. The van der Waals surface area contributed by atoms with E-state index in [-0.39, 0.29) is 18.3 Å². The van der Waals surface area contributed by atoms with E-state index in [1.807, 2.05) is 24.3 Å². The van der Waals surface area contributed by atoms with E-state index in [4.69, 9.17) is 4.74 Å². The van der Waals surface area contributed by atoms with Crippen LogP contribution >= 0.6 is 0 Å². The Labute approximate surface area is 186 Å². The first-order valence-electron chi connectivity index (χ1n) is 10.8. The minimum Gasteiger partial charge on any atom is -0.497 e. The van der Waals surface area contributed by atoms with Crippen LogP contribution in [0.4, 0.5) is 13.6 Å². The molecule has 2 aliphatic rings. The van der Waals surface area contributed by atoms with Gasteiger partial charge in [-0.2, -0.15) is 0 Å². The number of benzene rings is 2. The number of rotatable bonds is 5. The van der Waals surface area contributed by atoms with Crippen LogP contribution in [0.2, 0.25) is 0 Å². The van der Waals surface area contributed by atoms with Gasteiger partial charge in [-0.1, -0.05) is 31.0 Å². The molecule has 32 heavy (non-hydrogen) atoms. The van der Waals surface area contributed by atoms with Crippen molar-refractivity contribution >= 4 is 11.9 Å². The van der Waals surface area contributed by atoms with Crippen molar-refractivity contribution in [2.75, 3.05) is 20.3 Å². The van der Waals surface area contributed by atoms with Gasteiger partial charge in [-0.25, -0.2) is 18.5 Å². The molecular weight excluding hydrogens is 416 g/mol. The number of likely N-dealkylation sites (tertiary alicyclic amines) is 1. The maximum absolute atomic E-state index is 13.8. The number of methoxy groups -OCH3 is 1. The number of halogens is 2. The summed E-state index contributed by atoms with van der Waals surface area (Å²) in [5.41, 5.74) is -0.143. The Hall–Kier alpha value is -3.00. The molecule has 6 nitrogen and oxygen atoms in total. The number of ether oxygens (including phenoxy) is 1. The first-order chi connectivity index (χ1) is 15.3. The lowest BCUT2D eigenvalue weighted by Crippen LogP contribution is -2.45. The lowest BCUT2D eigenvalue weighted by molar-refractivity contribution is -0.132. The van der Waals surface area contributed by atoms with Crippen LogP contribution in [0.25, 0.3) is 0 Å². The molecule has 170 valence electrons. The van der Waals surface area contributed by atoms with Gasteiger partial charge in [0.2, 0.25) is 0 Å². The number of carbonyl (C=O) groups excluding carboxylic acids is 2. The third-order valence-corrected chi connectivity index (χ3v) is 6.46. The number of carbonyl (C=O) groups is 2. The van der Waals surface area contributed by atoms with Crippen LogP contribution in [0.3, 0.4) is 0 Å². The molecule has 0 bridgehead atoms. The van der Waals surface area contributed by atoms with Gasteiger partial charge in [-0.3, -0.25) is 9.69 Å². The van der Waals surface area contributed by atoms with E-state index in [1.54, 1.807) is 7.11 Å². The molecule has 3 amide bonds. The molecule has 0 aliphatic carbocycles. The van der Waals surface area contributed by atoms with E-state index >= 15 is 0 Å². The highest BCUT2D eigenvalue weighted by atomic mass is 19.2. The lowest BCUT2D eigenvalue weighted by Gasteiger charge is -2.33. The number of amides is 3. The molecule has 4 rings (SSSR count). The minimum absolute atomic E-state index is 0.0547. The summed E-state index contributed by atoms with van der Waals surface area (Å²) in [5, 5.41) is 2.67. The van der Waals surface area contributed by atoms with Gasteiger partial charge < -0.3 is 10.1 Å². The molecule has 2 aliphatic heterocycles. The van der Waals surface area contributed by atoms with Gasteiger partial charge in [0.1, 0.15) is 11.3 Å². The van der Waals surface area contributed by atoms with Crippen molar-refractivity contribution in [3.63, 3.8) is 0 Å². The van der Waals surface area contributed by atoms with Gasteiger partial charge in [0.15, 0.2) is 11.6 Å². The number of hydrogen-bond donors (Lipinski definition) is 1. The van der Waals surface area contributed by atoms with E-state index < -0.39 is 29.1 Å². The van der Waals surface area contributed by atoms with Crippen molar-refractivity contribution in [2.24, 2.45) is 0 Å². The smallest absolute Gasteiger partial charge is 0.326 e. The zero-order valence-corrected chi connectivity index (χ0v) is 18.2. The van der Waals surface area contributed by atoms with Gasteiger partial charge in [-0.05, 0) is 55.2 Å². The highest BCUT2D eigenvalue weighted by Gasteiger charge is 2.50. The summed E-state index contributed by atoms with van der Waals surface area (Å²) in [6.45, 7) is 2.39. The van der Waals surface area contributed by atoms with E-state index in [1.165, 1.54) is 17.9 Å². The van der Waals surface area contributed by atoms with Crippen molar-refractivity contribution in [2.45, 2.75) is 44.2 Å². The molecule has 2 saturated heterocycles. The van der Waals surface area contributed by atoms with Gasteiger partial charge in [-0.15, -0.1) is 0 Å². The van der Waals surface area contributed by atoms with Crippen LogP contribution in [-0.4, -0.2) is 42.1 Å². The zero-order valence-electron chi connectivity index (χ0n) is 18.2. The fraction of sp³-hybridized carbons (Fsp3) is 0.417. The van der Waals surface area contributed by atoms with Gasteiger partial charge in [0.05, 0.1) is 13.8 Å². The molecule has 2 fully saturated rings. The molecule has 0 unspecified atom stereocenters. The summed E-state index contributed by atoms with van der Waals surface area (Å²) in [6, 6.07) is 10.6. The van der Waals surface area contributed by atoms with Crippen LogP contribution in [0, 0.1) is 11.6 Å². The van der Waals surface area contributed by atoms with Crippen molar-refractivity contribution in [3.8, 4) is 5.75 Å². The molecule has 2 aromatic carbocycles. The fourth-order valence-electron chi connectivity index (χ4n) is 4.55. The van der Waals surface area contributed by atoms with Crippen LogP contribution in [0.5, 0.6) is 5.75 Å². The number of nitrogens with zero attached hydrogens (tertiary/aromatic N) is 2. The molecule has 0 saturated carbocycles. The average molecular weight is 443 g/mol. The quantitative estimate of drug-likeness (QED) is 0.700. The minimum atomic E-state index is -1.45. The van der Waals surface area contributed by atoms with Crippen LogP contribution in [-0.2, 0) is 10.3 Å². The molecule has 0 spiro atoms. The number of nitrogens with one attached hydrogen (secondary N) is 1. The van der Waals surface area contributed by atoms with Crippen molar-refractivity contribution in [1.29, 1.82) is 0 Å². The normalized spacial score (nSPS) is 24.4. The predicted octanol–water partition coefficient (Wildman–Crippen LogP) is 4.32. The summed E-state index contributed by atoms with van der Waals surface area (Å²) in [5.74, 6) is -1.77. The van der Waals surface area contributed by atoms with Crippen LogP contribution in [0.1, 0.15) is 49.8 Å². The zero-order chi connectivity index (χ0) is 22.9. The molecule has 2 aromatic rings. The fourth-order valence-corrected chi connectivity index (χ4v) is 4.55. The van der Waals surface area contributed by atoms with Crippen molar-refractivity contribution in [1.82, 2.24) is 15.1 Å². The predicted molar refractivity (Wildman–Crippen MR) is 115 cm³/mol. The summed E-state index contributed by atoms with van der Waals surface area (Å²) in [4.78, 5) is 29.4. The Kier molecular flexibility index (Phi) is 6.15. The van der Waals surface area contributed by atoms with E-state index in [0.717, 1.165) is 55.7 Å². The standard InChI is InChI=1S/C24H27F2N3O3/c1-24(17-9-12-19(25)20(26)14-17)22(30)29(23(31)27-24)15-28-13-5-3-4-6-21(28)16-7-10-18(32-2)11-8-16/h7-12,14,21H,3-6,13,15H2,1-2H3,(H,27,31)/t21-,24+/m1/s1. The van der Waals surface area contributed by atoms with Crippen LogP contribution in [0.15, 0.2) is 42.5 Å². The van der Waals surface area contributed by atoms with E-state index in [9.17, 15) is 18.4 Å². The summed E-state index contributed by atoms with van der Waals surface area (Å²) >= 11 is 0. The Bertz CT molecular complexity index is 1010. The number of hydrogen-bond acceptors (Lipinski definition) is 4. The highest BCUT2D eigenvalue weighted by molar-refractivity contribution is 6.07. The second-order valence-corrected chi connectivity index (χ2v) is 8.51. The van der Waals surface area contributed by atoms with Gasteiger partial charge >= 0.3 is 6.03 Å². The van der Waals surface area contributed by atoms with E-state index in [0.29, 0.717) is 0 Å². The number of urea groups is 1. The van der Waals surface area contributed by atoms with Crippen molar-refractivity contribution < 1.29 is 23.1 Å². The first-order valence-corrected chi connectivity index (χ1v) is 10.8. The van der Waals surface area contributed by atoms with Crippen molar-refractivity contribution in [3.05, 3.63) is 65.2 Å². The maximum atomic E-state index is 13.8. The molecule has 2 atom stereocenters. The van der Waals surface area contributed by atoms with Gasteiger partial charge in [0.25, 0.3) is 5.91 Å². The average Bonchev–Trinajstić information content (AvgIpc) is 2.94. The molecule has 0 radical (unpaired) electrons. The Morgan fingerprint density at radius 2 is 1.81 bits per heavy atom. The second-order valence-electron chi connectivity index (χ2n) is 8.51. The molecule has 8 heteroatoms. The summed E-state index contributed by atoms with van der Waals surface area (Å²) in [6.07, 6.45) is 4.02. The second kappa shape index (κ2) is 8.86. The Morgan fingerprint density at radius 1 is 1.06 bits per heavy atom. The topological polar surface area (TPSA) is 61.9 Å². The third kappa shape index (κ3) is 4.07. The SMILES string of the molecule is COc1ccc([C@H]2CCCCCN2CN2C(=O)N[C@@](C)(c3ccc(F)c(F)c3)C2=O)cc1. The third-order valence-electron chi connectivity index (χ3n) is 6.46. The molecule has 0 aromatic heterocycles. The highest BCUT2D eigenvalue weighted by Crippen LogP contribution is 2.34. The number of imide groups is 1. The lowest BCUT2D eigenvalue weighted by atomic mass is 9.92. The van der Waals surface area contributed by atoms with Crippen LogP contribution < -0.4 is 10.1 Å². The molecular formula is C24H27F2N3O3. The Balaban J connectivity index is 1.58. The largest absolute Gasteiger partial charge is 0.497 e. The first kappa shape index (κ1) is 22.2. The maximum Gasteiger partial charge on any atom is 0.326 e. The summed E-state index contributed by atoms with van der Waals surface area (Å²) < 4.78 is 32.4. The van der Waals surface area contributed by atoms with Gasteiger partial charge in [0, 0.05) is 12.6 Å². The molecule has 2 heterocycles. The molecule has 1 N–H and O–H groups in total.